The molecule has 0 spiro atoms. The Balaban J connectivity index is 1.55. The third-order valence-electron chi connectivity index (χ3n) is 4.90. The Morgan fingerprint density at radius 3 is 2.60 bits per heavy atom. The molecule has 3 rings (SSSR count). The van der Waals surface area contributed by atoms with E-state index in [4.69, 9.17) is 4.74 Å². The van der Waals surface area contributed by atoms with Gasteiger partial charge in [0.15, 0.2) is 0 Å². The number of amides is 1. The summed E-state index contributed by atoms with van der Waals surface area (Å²) in [5, 5.41) is 6.56. The van der Waals surface area contributed by atoms with Crippen LogP contribution >= 0.6 is 0 Å². The summed E-state index contributed by atoms with van der Waals surface area (Å²) in [7, 11) is 1.67. The highest BCUT2D eigenvalue weighted by Gasteiger charge is 2.25. The fraction of sp³-hybridized carbons (Fsp3) is 0.381. The van der Waals surface area contributed by atoms with E-state index >= 15 is 0 Å². The molecule has 1 saturated carbocycles. The van der Waals surface area contributed by atoms with E-state index in [2.05, 4.69) is 35.8 Å². The molecule has 2 aromatic carbocycles. The summed E-state index contributed by atoms with van der Waals surface area (Å²) in [5.41, 5.74) is 3.26. The van der Waals surface area contributed by atoms with Crippen molar-refractivity contribution in [2.45, 2.75) is 38.8 Å². The topological polar surface area (TPSA) is 50.4 Å². The zero-order chi connectivity index (χ0) is 17.6. The lowest BCUT2D eigenvalue weighted by Crippen LogP contribution is -2.28. The lowest BCUT2D eigenvalue weighted by atomic mass is 9.85. The molecule has 2 aromatic rings. The van der Waals surface area contributed by atoms with Crippen molar-refractivity contribution in [2.75, 3.05) is 12.4 Å². The first kappa shape index (κ1) is 17.5. The zero-order valence-corrected chi connectivity index (χ0v) is 14.9. The van der Waals surface area contributed by atoms with Crippen molar-refractivity contribution in [1.82, 2.24) is 5.32 Å². The first-order chi connectivity index (χ1) is 12.2. The van der Waals surface area contributed by atoms with Crippen LogP contribution < -0.4 is 15.4 Å². The molecule has 0 aromatic heterocycles. The van der Waals surface area contributed by atoms with Gasteiger partial charge in [-0.05, 0) is 55.2 Å². The second-order valence-electron chi connectivity index (χ2n) is 6.69. The van der Waals surface area contributed by atoms with Gasteiger partial charge in [-0.3, -0.25) is 4.79 Å². The van der Waals surface area contributed by atoms with Crippen molar-refractivity contribution in [3.63, 3.8) is 0 Å². The number of carbonyl (C=O) groups is 1. The monoisotopic (exact) mass is 338 g/mol. The molecule has 1 atom stereocenters. The smallest absolute Gasteiger partial charge is 0.227 e. The molecule has 1 fully saturated rings. The third-order valence-corrected chi connectivity index (χ3v) is 4.90. The van der Waals surface area contributed by atoms with Crippen molar-refractivity contribution in [1.29, 1.82) is 0 Å². The number of nitrogens with one attached hydrogen (secondary N) is 2. The second-order valence-corrected chi connectivity index (χ2v) is 6.69. The molecule has 2 N–H and O–H groups in total. The molecule has 4 heteroatoms. The molecule has 1 amide bonds. The molecule has 0 unspecified atom stereocenters. The average Bonchev–Trinajstić information content (AvgIpc) is 2.58. The van der Waals surface area contributed by atoms with E-state index in [-0.39, 0.29) is 17.9 Å². The number of benzene rings is 2. The van der Waals surface area contributed by atoms with Crippen LogP contribution in [-0.4, -0.2) is 13.0 Å². The van der Waals surface area contributed by atoms with Gasteiger partial charge in [-0.15, -0.1) is 0 Å². The molecule has 4 nitrogen and oxygen atoms in total. The summed E-state index contributed by atoms with van der Waals surface area (Å²) >= 11 is 0. The van der Waals surface area contributed by atoms with E-state index in [9.17, 15) is 4.79 Å². The molecule has 0 saturated heterocycles. The van der Waals surface area contributed by atoms with Crippen molar-refractivity contribution >= 4 is 11.6 Å². The number of carbonyl (C=O) groups excluding carboxylic acids is 1. The summed E-state index contributed by atoms with van der Waals surface area (Å²) in [6.07, 6.45) is 3.21. The van der Waals surface area contributed by atoms with Crippen LogP contribution in [0.4, 0.5) is 5.69 Å². The van der Waals surface area contributed by atoms with E-state index in [1.165, 1.54) is 12.0 Å². The second kappa shape index (κ2) is 8.17. The Bertz CT molecular complexity index is 708. The number of ether oxygens (including phenoxy) is 1. The number of hydrogen-bond acceptors (Lipinski definition) is 3. The fourth-order valence-corrected chi connectivity index (χ4v) is 2.96. The van der Waals surface area contributed by atoms with Gasteiger partial charge < -0.3 is 15.4 Å². The highest BCUT2D eigenvalue weighted by molar-refractivity contribution is 5.93. The highest BCUT2D eigenvalue weighted by Crippen LogP contribution is 2.27. The van der Waals surface area contributed by atoms with Gasteiger partial charge >= 0.3 is 0 Å². The predicted octanol–water partition coefficient (Wildman–Crippen LogP) is 4.28. The van der Waals surface area contributed by atoms with Gasteiger partial charge in [-0.2, -0.15) is 0 Å². The SMILES string of the molecule is COc1ccc([C@@H](C)NCc2cccc(NC(=O)C3CCC3)c2)cc1. The van der Waals surface area contributed by atoms with Gasteiger partial charge in [0.1, 0.15) is 5.75 Å². The van der Waals surface area contributed by atoms with Gasteiger partial charge in [0.05, 0.1) is 7.11 Å². The Hall–Kier alpha value is -2.33. The number of hydrogen-bond donors (Lipinski definition) is 2. The Morgan fingerprint density at radius 1 is 1.20 bits per heavy atom. The van der Waals surface area contributed by atoms with E-state index in [1.54, 1.807) is 7.11 Å². The molecule has 1 aliphatic carbocycles. The van der Waals surface area contributed by atoms with Crippen LogP contribution in [0.25, 0.3) is 0 Å². The first-order valence-electron chi connectivity index (χ1n) is 8.93. The Kier molecular flexibility index (Phi) is 5.71. The van der Waals surface area contributed by atoms with Crippen molar-refractivity contribution < 1.29 is 9.53 Å². The maximum Gasteiger partial charge on any atom is 0.227 e. The standard InChI is InChI=1S/C21H26N2O2/c1-15(17-9-11-20(25-2)12-10-17)22-14-16-5-3-8-19(13-16)23-21(24)18-6-4-7-18/h3,5,8-13,15,18,22H,4,6-7,14H2,1-2H3,(H,23,24)/t15-/m1/s1. The Morgan fingerprint density at radius 2 is 1.96 bits per heavy atom. The van der Waals surface area contributed by atoms with Crippen molar-refractivity contribution in [2.24, 2.45) is 5.92 Å². The van der Waals surface area contributed by atoms with Crippen LogP contribution in [0, 0.1) is 5.92 Å². The zero-order valence-electron chi connectivity index (χ0n) is 14.9. The van der Waals surface area contributed by atoms with Crippen LogP contribution in [0.15, 0.2) is 48.5 Å². The van der Waals surface area contributed by atoms with E-state index in [0.29, 0.717) is 0 Å². The van der Waals surface area contributed by atoms with E-state index < -0.39 is 0 Å². The predicted molar refractivity (Wildman–Crippen MR) is 101 cm³/mol. The van der Waals surface area contributed by atoms with Gasteiger partial charge in [-0.25, -0.2) is 0 Å². The molecule has 0 heterocycles. The van der Waals surface area contributed by atoms with Gasteiger partial charge in [0, 0.05) is 24.2 Å². The summed E-state index contributed by atoms with van der Waals surface area (Å²) in [6, 6.07) is 16.4. The molecule has 25 heavy (non-hydrogen) atoms. The number of methoxy groups -OCH3 is 1. The van der Waals surface area contributed by atoms with Gasteiger partial charge in [0.25, 0.3) is 0 Å². The molecular formula is C21H26N2O2. The van der Waals surface area contributed by atoms with Gasteiger partial charge in [0.2, 0.25) is 5.91 Å². The Labute approximate surface area is 149 Å². The summed E-state index contributed by atoms with van der Waals surface area (Å²) in [6.45, 7) is 2.89. The summed E-state index contributed by atoms with van der Waals surface area (Å²) in [5.74, 6) is 1.23. The minimum absolute atomic E-state index is 0.156. The molecule has 132 valence electrons. The van der Waals surface area contributed by atoms with Crippen molar-refractivity contribution in [3.8, 4) is 5.75 Å². The molecule has 0 aliphatic heterocycles. The molecule has 0 bridgehead atoms. The van der Waals surface area contributed by atoms with Crippen LogP contribution in [0.3, 0.4) is 0 Å². The molecule has 0 radical (unpaired) electrons. The van der Waals surface area contributed by atoms with Crippen LogP contribution in [-0.2, 0) is 11.3 Å². The van der Waals surface area contributed by atoms with Crippen molar-refractivity contribution in [3.05, 3.63) is 59.7 Å². The number of anilines is 1. The fourth-order valence-electron chi connectivity index (χ4n) is 2.96. The largest absolute Gasteiger partial charge is 0.497 e. The first-order valence-corrected chi connectivity index (χ1v) is 8.93. The highest BCUT2D eigenvalue weighted by atomic mass is 16.5. The molecular weight excluding hydrogens is 312 g/mol. The van der Waals surface area contributed by atoms with Crippen LogP contribution in [0.2, 0.25) is 0 Å². The normalized spacial score (nSPS) is 15.3. The third kappa shape index (κ3) is 4.60. The minimum atomic E-state index is 0.156. The maximum absolute atomic E-state index is 12.1. The lowest BCUT2D eigenvalue weighted by Gasteiger charge is -2.24. The maximum atomic E-state index is 12.1. The van der Waals surface area contributed by atoms with E-state index in [0.717, 1.165) is 36.4 Å². The number of rotatable bonds is 7. The average molecular weight is 338 g/mol. The van der Waals surface area contributed by atoms with Crippen LogP contribution in [0.5, 0.6) is 5.75 Å². The lowest BCUT2D eigenvalue weighted by molar-refractivity contribution is -0.122. The molecule has 1 aliphatic rings. The van der Waals surface area contributed by atoms with E-state index in [1.807, 2.05) is 30.3 Å². The summed E-state index contributed by atoms with van der Waals surface area (Å²) < 4.78 is 5.20. The quantitative estimate of drug-likeness (QED) is 0.792. The minimum Gasteiger partial charge on any atom is -0.497 e. The van der Waals surface area contributed by atoms with Crippen LogP contribution in [0.1, 0.15) is 43.4 Å². The summed E-state index contributed by atoms with van der Waals surface area (Å²) in [4.78, 5) is 12.1. The van der Waals surface area contributed by atoms with Gasteiger partial charge in [-0.1, -0.05) is 30.7 Å².